The van der Waals surface area contributed by atoms with Gasteiger partial charge in [0.05, 0.1) is 21.2 Å². The Labute approximate surface area is 120 Å². The zero-order valence-corrected chi connectivity index (χ0v) is 12.5. The van der Waals surface area contributed by atoms with Crippen molar-refractivity contribution in [1.82, 2.24) is 14.6 Å². The van der Waals surface area contributed by atoms with Crippen molar-refractivity contribution in [2.45, 2.75) is 15.6 Å². The highest BCUT2D eigenvalue weighted by Gasteiger charge is 2.32. The molecular weight excluding hydrogens is 402 g/mol. The van der Waals surface area contributed by atoms with Crippen LogP contribution in [-0.4, -0.2) is 30.6 Å². The molecule has 1 atom stereocenters. The molecule has 0 aliphatic carbocycles. The van der Waals surface area contributed by atoms with E-state index in [2.05, 4.69) is 10.1 Å². The molecule has 10 heteroatoms. The minimum Gasteiger partial charge on any atom is -0.251 e. The second-order valence-electron chi connectivity index (χ2n) is 3.15. The van der Waals surface area contributed by atoms with Gasteiger partial charge in [-0.15, -0.1) is 0 Å². The van der Waals surface area contributed by atoms with Gasteiger partial charge in [0.1, 0.15) is 3.70 Å². The summed E-state index contributed by atoms with van der Waals surface area (Å²) in [5, 5.41) is 4.07. The Bertz CT molecular complexity index is 628. The van der Waals surface area contributed by atoms with Crippen molar-refractivity contribution in [2.24, 2.45) is 0 Å². The summed E-state index contributed by atoms with van der Waals surface area (Å²) in [6, 6.07) is 1.42. The summed E-state index contributed by atoms with van der Waals surface area (Å²) in [7, 11) is -1.43. The van der Waals surface area contributed by atoms with Crippen LogP contribution in [0.3, 0.4) is 0 Å². The quantitative estimate of drug-likeness (QED) is 0.437. The van der Waals surface area contributed by atoms with E-state index in [1.165, 1.54) is 23.0 Å². The van der Waals surface area contributed by atoms with E-state index in [0.29, 0.717) is 0 Å². The summed E-state index contributed by atoms with van der Waals surface area (Å²) < 4.78 is 50.1. The molecule has 2 aromatic rings. The maximum Gasteiger partial charge on any atom is 0.446 e. The zero-order chi connectivity index (χ0) is 13.5. The number of thioether (sulfide) groups is 1. The predicted octanol–water partition coefficient (Wildman–Crippen LogP) is 2.68. The van der Waals surface area contributed by atoms with E-state index < -0.39 is 16.3 Å². The van der Waals surface area contributed by atoms with E-state index in [-0.39, 0.29) is 31.0 Å². The van der Waals surface area contributed by atoms with Crippen molar-refractivity contribution < 1.29 is 17.4 Å². The number of alkyl halides is 3. The van der Waals surface area contributed by atoms with Crippen LogP contribution < -0.4 is 0 Å². The normalized spacial score (nSPS) is 14.1. The van der Waals surface area contributed by atoms with Crippen molar-refractivity contribution >= 4 is 50.7 Å². The molecule has 98 valence electrons. The number of hydrogen-bond acceptors (Lipinski definition) is 4. The third-order valence-electron chi connectivity index (χ3n) is 1.91. The molecule has 0 saturated heterocycles. The highest BCUT2D eigenvalue weighted by atomic mass is 127. The van der Waals surface area contributed by atoms with Gasteiger partial charge in [0, 0.05) is 12.5 Å². The van der Waals surface area contributed by atoms with Gasteiger partial charge in [-0.1, -0.05) is 0 Å². The van der Waals surface area contributed by atoms with Gasteiger partial charge in [0.25, 0.3) is 0 Å². The molecular formula is C8H5F3IN3OS2. The molecule has 0 aliphatic rings. The number of fused-ring (bicyclic) bond motifs is 1. The largest absolute Gasteiger partial charge is 0.446 e. The van der Waals surface area contributed by atoms with E-state index in [1.54, 1.807) is 22.6 Å². The molecule has 2 heterocycles. The third kappa shape index (κ3) is 2.79. The van der Waals surface area contributed by atoms with E-state index in [4.69, 9.17) is 0 Å². The van der Waals surface area contributed by atoms with Crippen LogP contribution in [0.1, 0.15) is 0 Å². The van der Waals surface area contributed by atoms with Gasteiger partial charge in [-0.2, -0.15) is 18.3 Å². The smallest absolute Gasteiger partial charge is 0.251 e. The lowest BCUT2D eigenvalue weighted by Crippen LogP contribution is -2.03. The standard InChI is InChI=1S/C8H5F3IN3OS2/c1-18(16)7-13-3-2-4-5(17-8(9,10)11)6(12)14-15(4)7/h2-3H,1H3. The van der Waals surface area contributed by atoms with Crippen LogP contribution in [-0.2, 0) is 10.8 Å². The number of nitrogens with zero attached hydrogens (tertiary/aromatic N) is 3. The monoisotopic (exact) mass is 407 g/mol. The maximum atomic E-state index is 12.4. The van der Waals surface area contributed by atoms with Gasteiger partial charge in [0.2, 0.25) is 5.16 Å². The van der Waals surface area contributed by atoms with Crippen LogP contribution >= 0.6 is 34.4 Å². The van der Waals surface area contributed by atoms with E-state index in [9.17, 15) is 17.4 Å². The fraction of sp³-hybridized carbons (Fsp3) is 0.250. The van der Waals surface area contributed by atoms with Crippen LogP contribution in [0, 0.1) is 3.70 Å². The molecule has 0 aliphatic heterocycles. The number of rotatable bonds is 2. The molecule has 0 N–H and O–H groups in total. The van der Waals surface area contributed by atoms with Crippen LogP contribution in [0.15, 0.2) is 22.3 Å². The van der Waals surface area contributed by atoms with Crippen molar-refractivity contribution in [3.8, 4) is 0 Å². The molecule has 0 radical (unpaired) electrons. The third-order valence-corrected chi connectivity index (χ3v) is 4.66. The Morgan fingerprint density at radius 2 is 2.17 bits per heavy atom. The van der Waals surface area contributed by atoms with Crippen molar-refractivity contribution in [3.63, 3.8) is 0 Å². The van der Waals surface area contributed by atoms with Crippen molar-refractivity contribution in [1.29, 1.82) is 0 Å². The fourth-order valence-electron chi connectivity index (χ4n) is 1.31. The Morgan fingerprint density at radius 3 is 2.72 bits per heavy atom. The highest BCUT2D eigenvalue weighted by molar-refractivity contribution is 14.1. The molecule has 2 rings (SSSR count). The second-order valence-corrected chi connectivity index (χ2v) is 6.52. The SMILES string of the molecule is CS(=O)c1nccc2c(SC(F)(F)F)c(I)nn12. The minimum absolute atomic E-state index is 0.00259. The fourth-order valence-corrected chi connectivity index (χ4v) is 3.34. The van der Waals surface area contributed by atoms with Crippen LogP contribution in [0.5, 0.6) is 0 Å². The lowest BCUT2D eigenvalue weighted by Gasteiger charge is -2.04. The zero-order valence-electron chi connectivity index (χ0n) is 8.73. The first-order valence-electron chi connectivity index (χ1n) is 4.42. The number of halogens is 4. The first-order chi connectivity index (χ1) is 8.29. The minimum atomic E-state index is -4.39. The summed E-state index contributed by atoms with van der Waals surface area (Å²) in [6.07, 6.45) is 2.72. The van der Waals surface area contributed by atoms with Crippen LogP contribution in [0.2, 0.25) is 0 Å². The van der Waals surface area contributed by atoms with Gasteiger partial charge < -0.3 is 0 Å². The van der Waals surface area contributed by atoms with E-state index in [0.717, 1.165) is 0 Å². The van der Waals surface area contributed by atoms with E-state index >= 15 is 0 Å². The van der Waals surface area contributed by atoms with Crippen molar-refractivity contribution in [2.75, 3.05) is 6.26 Å². The number of aromatic nitrogens is 3. The summed E-state index contributed by atoms with van der Waals surface area (Å²) >= 11 is 1.48. The molecule has 0 aromatic carbocycles. The van der Waals surface area contributed by atoms with Crippen LogP contribution in [0.4, 0.5) is 13.2 Å². The van der Waals surface area contributed by atoms with Crippen molar-refractivity contribution in [3.05, 3.63) is 16.0 Å². The molecule has 0 bridgehead atoms. The van der Waals surface area contributed by atoms with Gasteiger partial charge in [0.15, 0.2) is 0 Å². The molecule has 1 unspecified atom stereocenters. The molecule has 0 saturated carbocycles. The molecule has 0 spiro atoms. The Hall–Kier alpha value is -0.360. The summed E-state index contributed by atoms with van der Waals surface area (Å²) in [5.74, 6) is 0. The Balaban J connectivity index is 2.66. The Morgan fingerprint density at radius 1 is 1.50 bits per heavy atom. The van der Waals surface area contributed by atoms with Gasteiger partial charge in [-0.25, -0.2) is 9.50 Å². The topological polar surface area (TPSA) is 47.3 Å². The number of hydrogen-bond donors (Lipinski definition) is 0. The molecule has 0 amide bonds. The summed E-state index contributed by atoms with van der Waals surface area (Å²) in [5.41, 5.74) is -4.14. The Kier molecular flexibility index (Phi) is 3.88. The average Bonchev–Trinajstić information content (AvgIpc) is 2.53. The molecule has 4 nitrogen and oxygen atoms in total. The summed E-state index contributed by atoms with van der Waals surface area (Å²) in [4.78, 5) is 3.86. The first-order valence-corrected chi connectivity index (χ1v) is 7.87. The maximum absolute atomic E-state index is 12.4. The van der Waals surface area contributed by atoms with Crippen LogP contribution in [0.25, 0.3) is 5.52 Å². The second kappa shape index (κ2) is 4.96. The van der Waals surface area contributed by atoms with Gasteiger partial charge in [-0.05, 0) is 40.4 Å². The summed E-state index contributed by atoms with van der Waals surface area (Å²) in [6.45, 7) is 0. The van der Waals surface area contributed by atoms with Gasteiger partial charge >= 0.3 is 5.51 Å². The molecule has 2 aromatic heterocycles. The highest BCUT2D eigenvalue weighted by Crippen LogP contribution is 2.41. The lowest BCUT2D eigenvalue weighted by molar-refractivity contribution is -0.0328. The van der Waals surface area contributed by atoms with E-state index in [1.807, 2.05) is 0 Å². The molecule has 18 heavy (non-hydrogen) atoms. The van der Waals surface area contributed by atoms with Gasteiger partial charge in [-0.3, -0.25) is 4.21 Å². The molecule has 0 fully saturated rings. The lowest BCUT2D eigenvalue weighted by atomic mass is 10.5. The first kappa shape index (κ1) is 14.1. The predicted molar refractivity (Wildman–Crippen MR) is 69.9 cm³/mol. The average molecular weight is 407 g/mol.